The summed E-state index contributed by atoms with van der Waals surface area (Å²) in [5.41, 5.74) is -0.286. The van der Waals surface area contributed by atoms with E-state index >= 15 is 0 Å². The maximum absolute atomic E-state index is 11.2. The Kier molecular flexibility index (Phi) is 4.93. The molecule has 0 aromatic carbocycles. The molecule has 0 aromatic rings. The molecule has 2 saturated heterocycles. The maximum Gasteiger partial charge on any atom is 0.0702 e. The Morgan fingerprint density at radius 3 is 2.33 bits per heavy atom. The molecule has 0 amide bonds. The van der Waals surface area contributed by atoms with Crippen LogP contribution < -0.4 is 0 Å². The van der Waals surface area contributed by atoms with E-state index in [2.05, 4.69) is 25.6 Å². The zero-order valence-corrected chi connectivity index (χ0v) is 14.6. The molecule has 1 spiro atoms. The Bertz CT molecular complexity index is 336. The molecule has 3 rings (SSSR count). The lowest BCUT2D eigenvalue weighted by Crippen LogP contribution is -2.51. The summed E-state index contributed by atoms with van der Waals surface area (Å²) < 4.78 is 6.21. The second kappa shape index (κ2) is 6.41. The van der Waals surface area contributed by atoms with E-state index in [1.807, 2.05) is 0 Å². The summed E-state index contributed by atoms with van der Waals surface area (Å²) >= 11 is 2.06. The molecule has 21 heavy (non-hydrogen) atoms. The van der Waals surface area contributed by atoms with E-state index < -0.39 is 5.60 Å². The monoisotopic (exact) mass is 312 g/mol. The molecule has 3 fully saturated rings. The summed E-state index contributed by atoms with van der Waals surface area (Å²) in [7, 11) is 0. The van der Waals surface area contributed by atoms with Gasteiger partial charge in [0, 0.05) is 6.61 Å². The Labute approximate surface area is 134 Å². The van der Waals surface area contributed by atoms with Gasteiger partial charge >= 0.3 is 0 Å². The number of hydrogen-bond donors (Lipinski definition) is 1. The zero-order valence-electron chi connectivity index (χ0n) is 13.8. The molecule has 2 aliphatic heterocycles. The number of aliphatic hydroxyl groups is 1. The Morgan fingerprint density at radius 2 is 1.71 bits per heavy atom. The van der Waals surface area contributed by atoms with E-state index in [0.717, 1.165) is 44.1 Å². The minimum absolute atomic E-state index is 0.110. The van der Waals surface area contributed by atoms with Crippen LogP contribution in [0.15, 0.2) is 0 Å². The van der Waals surface area contributed by atoms with Crippen LogP contribution in [0.2, 0.25) is 0 Å². The third-order valence-corrected chi connectivity index (χ3v) is 7.48. The molecule has 1 saturated carbocycles. The van der Waals surface area contributed by atoms with E-state index in [4.69, 9.17) is 4.74 Å². The summed E-state index contributed by atoms with van der Waals surface area (Å²) in [5.74, 6) is 4.54. The predicted octanol–water partition coefficient (Wildman–Crippen LogP) is 4.26. The first-order valence-electron chi connectivity index (χ1n) is 8.97. The van der Waals surface area contributed by atoms with Gasteiger partial charge in [0.25, 0.3) is 0 Å². The first-order chi connectivity index (χ1) is 10.0. The molecule has 1 aliphatic carbocycles. The van der Waals surface area contributed by atoms with Crippen molar-refractivity contribution in [3.63, 3.8) is 0 Å². The van der Waals surface area contributed by atoms with Crippen molar-refractivity contribution in [3.05, 3.63) is 0 Å². The van der Waals surface area contributed by atoms with Crippen molar-refractivity contribution in [1.29, 1.82) is 0 Å². The molecule has 1 unspecified atom stereocenters. The summed E-state index contributed by atoms with van der Waals surface area (Å²) in [6.45, 7) is 5.53. The largest absolute Gasteiger partial charge is 0.390 e. The number of thioether (sulfide) groups is 1. The molecule has 0 aromatic heterocycles. The van der Waals surface area contributed by atoms with Gasteiger partial charge in [-0.1, -0.05) is 13.8 Å². The van der Waals surface area contributed by atoms with Gasteiger partial charge in [-0.2, -0.15) is 11.8 Å². The lowest BCUT2D eigenvalue weighted by Gasteiger charge is -2.50. The highest BCUT2D eigenvalue weighted by Crippen LogP contribution is 2.48. The summed E-state index contributed by atoms with van der Waals surface area (Å²) in [4.78, 5) is 0. The topological polar surface area (TPSA) is 29.5 Å². The highest BCUT2D eigenvalue weighted by atomic mass is 32.2. The van der Waals surface area contributed by atoms with Crippen LogP contribution in [0.1, 0.15) is 65.2 Å². The van der Waals surface area contributed by atoms with Gasteiger partial charge in [-0.3, -0.25) is 0 Å². The van der Waals surface area contributed by atoms with Crippen molar-refractivity contribution in [2.45, 2.75) is 76.4 Å². The van der Waals surface area contributed by atoms with E-state index in [0.29, 0.717) is 5.92 Å². The molecule has 2 nitrogen and oxygen atoms in total. The highest BCUT2D eigenvalue weighted by molar-refractivity contribution is 7.99. The summed E-state index contributed by atoms with van der Waals surface area (Å²) in [5, 5.41) is 11.2. The lowest BCUT2D eigenvalue weighted by molar-refractivity contribution is -0.158. The van der Waals surface area contributed by atoms with Crippen LogP contribution >= 0.6 is 11.8 Å². The Morgan fingerprint density at radius 1 is 1.05 bits per heavy atom. The second-order valence-electron chi connectivity index (χ2n) is 8.02. The van der Waals surface area contributed by atoms with Crippen LogP contribution in [0.4, 0.5) is 0 Å². The fourth-order valence-corrected chi connectivity index (χ4v) is 6.03. The smallest absolute Gasteiger partial charge is 0.0702 e. The summed E-state index contributed by atoms with van der Waals surface area (Å²) in [6, 6.07) is 0. The fraction of sp³-hybridized carbons (Fsp3) is 1.00. The van der Waals surface area contributed by atoms with Crippen molar-refractivity contribution >= 4 is 11.8 Å². The summed E-state index contributed by atoms with van der Waals surface area (Å²) in [6.07, 6.45) is 9.03. The first-order valence-corrected chi connectivity index (χ1v) is 10.1. The normalized spacial score (nSPS) is 40.6. The van der Waals surface area contributed by atoms with Crippen molar-refractivity contribution in [2.75, 3.05) is 18.1 Å². The van der Waals surface area contributed by atoms with Gasteiger partial charge in [0.05, 0.1) is 11.2 Å². The first kappa shape index (κ1) is 16.1. The average Bonchev–Trinajstić information content (AvgIpc) is 2.48. The van der Waals surface area contributed by atoms with Gasteiger partial charge in [0.1, 0.15) is 0 Å². The van der Waals surface area contributed by atoms with Crippen molar-refractivity contribution in [2.24, 2.45) is 17.8 Å². The molecule has 1 atom stereocenters. The van der Waals surface area contributed by atoms with Gasteiger partial charge in [0.15, 0.2) is 0 Å². The SMILES string of the molecule is CC(C)C1CCC(O)(C2CCOC3(CCSCC3)C2)CC1. The van der Waals surface area contributed by atoms with Crippen LogP contribution in [0.5, 0.6) is 0 Å². The van der Waals surface area contributed by atoms with E-state index in [-0.39, 0.29) is 5.60 Å². The number of rotatable bonds is 2. The van der Waals surface area contributed by atoms with Gasteiger partial charge in [-0.05, 0) is 80.6 Å². The minimum atomic E-state index is -0.396. The molecular weight excluding hydrogens is 280 g/mol. The predicted molar refractivity (Wildman–Crippen MR) is 89.7 cm³/mol. The van der Waals surface area contributed by atoms with Crippen LogP contribution in [0.25, 0.3) is 0 Å². The van der Waals surface area contributed by atoms with E-state index in [1.54, 1.807) is 0 Å². The third-order valence-electron chi connectivity index (χ3n) is 6.50. The quantitative estimate of drug-likeness (QED) is 0.826. The van der Waals surface area contributed by atoms with Gasteiger partial charge in [-0.15, -0.1) is 0 Å². The lowest BCUT2D eigenvalue weighted by atomic mass is 9.65. The molecule has 1 N–H and O–H groups in total. The molecule has 0 radical (unpaired) electrons. The molecular formula is C18H32O2S. The van der Waals surface area contributed by atoms with Crippen LogP contribution in [-0.2, 0) is 4.74 Å². The maximum atomic E-state index is 11.2. The Hall–Kier alpha value is 0.270. The van der Waals surface area contributed by atoms with Gasteiger partial charge in [-0.25, -0.2) is 0 Å². The van der Waals surface area contributed by atoms with Crippen LogP contribution in [-0.4, -0.2) is 34.4 Å². The van der Waals surface area contributed by atoms with E-state index in [9.17, 15) is 5.11 Å². The third kappa shape index (κ3) is 3.45. The average molecular weight is 313 g/mol. The van der Waals surface area contributed by atoms with Crippen LogP contribution in [0, 0.1) is 17.8 Å². The molecule has 2 heterocycles. The zero-order chi connectivity index (χ0) is 14.9. The minimum Gasteiger partial charge on any atom is -0.390 e. The molecule has 0 bridgehead atoms. The van der Waals surface area contributed by atoms with Crippen LogP contribution in [0.3, 0.4) is 0 Å². The highest BCUT2D eigenvalue weighted by Gasteiger charge is 2.47. The van der Waals surface area contributed by atoms with Gasteiger partial charge in [0.2, 0.25) is 0 Å². The molecule has 122 valence electrons. The van der Waals surface area contributed by atoms with E-state index in [1.165, 1.54) is 37.2 Å². The van der Waals surface area contributed by atoms with Crippen molar-refractivity contribution in [3.8, 4) is 0 Å². The van der Waals surface area contributed by atoms with Gasteiger partial charge < -0.3 is 9.84 Å². The Balaban J connectivity index is 1.63. The molecule has 3 heteroatoms. The molecule has 3 aliphatic rings. The second-order valence-corrected chi connectivity index (χ2v) is 9.24. The fourth-order valence-electron chi connectivity index (χ4n) is 4.79. The van der Waals surface area contributed by atoms with Crippen molar-refractivity contribution < 1.29 is 9.84 Å². The standard InChI is InChI=1S/C18H32O2S/c1-14(2)15-3-6-18(19,7-4-15)16-5-10-20-17(13-16)8-11-21-12-9-17/h14-16,19H,3-13H2,1-2H3. The van der Waals surface area contributed by atoms with Crippen molar-refractivity contribution in [1.82, 2.24) is 0 Å². The number of hydrogen-bond acceptors (Lipinski definition) is 3. The number of ether oxygens (including phenoxy) is 1.